The largest absolute Gasteiger partial charge is 0.352 e. The van der Waals surface area contributed by atoms with Gasteiger partial charge < -0.3 is 10.2 Å². The maximum atomic E-state index is 13.8. The third-order valence-electron chi connectivity index (χ3n) is 5.85. The topological polar surface area (TPSA) is 86.8 Å². The number of carbonyl (C=O) groups is 2. The van der Waals surface area contributed by atoms with Crippen LogP contribution in [0.3, 0.4) is 0 Å². The normalized spacial score (nSPS) is 12.2. The Morgan fingerprint density at radius 1 is 0.895 bits per heavy atom. The summed E-state index contributed by atoms with van der Waals surface area (Å²) in [5.41, 5.74) is 2.08. The monoisotopic (exact) mass is 575 g/mol. The summed E-state index contributed by atoms with van der Waals surface area (Å²) in [5, 5.41) is 3.52. The minimum atomic E-state index is -4.19. The van der Waals surface area contributed by atoms with Crippen molar-refractivity contribution in [2.45, 2.75) is 51.2 Å². The van der Waals surface area contributed by atoms with E-state index in [4.69, 9.17) is 23.2 Å². The predicted molar refractivity (Wildman–Crippen MR) is 152 cm³/mol. The Labute approximate surface area is 234 Å². The van der Waals surface area contributed by atoms with Crippen molar-refractivity contribution in [2.24, 2.45) is 0 Å². The first kappa shape index (κ1) is 29.5. The van der Waals surface area contributed by atoms with Crippen LogP contribution >= 0.6 is 23.2 Å². The molecule has 0 saturated heterocycles. The Morgan fingerprint density at radius 3 is 2.11 bits per heavy atom. The number of amides is 2. The molecule has 0 aliphatic carbocycles. The average Bonchev–Trinajstić information content (AvgIpc) is 2.86. The lowest BCUT2D eigenvalue weighted by Crippen LogP contribution is -2.52. The van der Waals surface area contributed by atoms with Gasteiger partial charge in [-0.3, -0.25) is 13.9 Å². The molecule has 0 spiro atoms. The first-order valence-corrected chi connectivity index (χ1v) is 14.3. The Bertz CT molecular complexity index is 1380. The van der Waals surface area contributed by atoms with Gasteiger partial charge >= 0.3 is 0 Å². The Hall–Kier alpha value is -3.07. The number of benzene rings is 3. The second-order valence-corrected chi connectivity index (χ2v) is 12.0. The van der Waals surface area contributed by atoms with E-state index in [1.807, 2.05) is 45.0 Å². The van der Waals surface area contributed by atoms with Crippen LogP contribution in [-0.4, -0.2) is 43.8 Å². The zero-order chi connectivity index (χ0) is 28.0. The van der Waals surface area contributed by atoms with E-state index in [9.17, 15) is 18.0 Å². The van der Waals surface area contributed by atoms with Gasteiger partial charge in [-0.25, -0.2) is 8.42 Å². The number of rotatable bonds is 10. The van der Waals surface area contributed by atoms with Gasteiger partial charge in [0.05, 0.1) is 10.6 Å². The Kier molecular flexibility index (Phi) is 9.82. The van der Waals surface area contributed by atoms with Crippen molar-refractivity contribution in [3.05, 3.63) is 94.0 Å². The van der Waals surface area contributed by atoms with Gasteiger partial charge in [0.2, 0.25) is 11.8 Å². The molecule has 0 aromatic heterocycles. The van der Waals surface area contributed by atoms with Crippen molar-refractivity contribution >= 4 is 50.7 Å². The molecule has 202 valence electrons. The van der Waals surface area contributed by atoms with Crippen LogP contribution < -0.4 is 9.62 Å². The van der Waals surface area contributed by atoms with Crippen molar-refractivity contribution in [2.75, 3.05) is 10.8 Å². The highest BCUT2D eigenvalue weighted by atomic mass is 35.5. The van der Waals surface area contributed by atoms with Crippen molar-refractivity contribution in [3.8, 4) is 0 Å². The molecule has 0 radical (unpaired) electrons. The third-order valence-corrected chi connectivity index (χ3v) is 8.12. The summed E-state index contributed by atoms with van der Waals surface area (Å²) >= 11 is 12.1. The fourth-order valence-electron chi connectivity index (χ4n) is 3.77. The number of hydrogen-bond acceptors (Lipinski definition) is 4. The SMILES string of the molecule is Cc1ccc(CN(C(=O)CN(c2cccc(Cl)c2)S(=O)(=O)c2ccc(Cl)cc2)[C@@H](C)C(=O)NC(C)C)cc1. The molecule has 0 saturated carbocycles. The Morgan fingerprint density at radius 2 is 1.53 bits per heavy atom. The van der Waals surface area contributed by atoms with E-state index < -0.39 is 28.5 Å². The van der Waals surface area contributed by atoms with Crippen LogP contribution in [0.1, 0.15) is 31.9 Å². The van der Waals surface area contributed by atoms with E-state index in [0.717, 1.165) is 15.4 Å². The molecule has 0 aliphatic heterocycles. The fraction of sp³-hybridized carbons (Fsp3) is 0.286. The fourth-order valence-corrected chi connectivity index (χ4v) is 5.49. The number of aryl methyl sites for hydroxylation is 1. The molecule has 3 aromatic rings. The van der Waals surface area contributed by atoms with E-state index in [2.05, 4.69) is 5.32 Å². The summed E-state index contributed by atoms with van der Waals surface area (Å²) < 4.78 is 28.5. The zero-order valence-corrected chi connectivity index (χ0v) is 24.0. The molecule has 0 heterocycles. The average molecular weight is 577 g/mol. The van der Waals surface area contributed by atoms with Crippen LogP contribution in [0.5, 0.6) is 0 Å². The molecule has 38 heavy (non-hydrogen) atoms. The van der Waals surface area contributed by atoms with Gasteiger partial charge in [-0.15, -0.1) is 0 Å². The molecule has 0 fully saturated rings. The van der Waals surface area contributed by atoms with Gasteiger partial charge in [0.15, 0.2) is 0 Å². The van der Waals surface area contributed by atoms with E-state index >= 15 is 0 Å². The first-order chi connectivity index (χ1) is 17.9. The minimum absolute atomic E-state index is 0.0367. The van der Waals surface area contributed by atoms with Crippen LogP contribution in [0.4, 0.5) is 5.69 Å². The molecule has 2 amide bonds. The number of nitrogens with zero attached hydrogens (tertiary/aromatic N) is 2. The van der Waals surface area contributed by atoms with E-state index in [0.29, 0.717) is 10.0 Å². The highest BCUT2D eigenvalue weighted by Gasteiger charge is 2.32. The molecule has 1 N–H and O–H groups in total. The van der Waals surface area contributed by atoms with Crippen molar-refractivity contribution < 1.29 is 18.0 Å². The molecule has 0 aliphatic rings. The highest BCUT2D eigenvalue weighted by molar-refractivity contribution is 7.92. The summed E-state index contributed by atoms with van der Waals surface area (Å²) in [5.74, 6) is -0.884. The van der Waals surface area contributed by atoms with Crippen LogP contribution in [0.25, 0.3) is 0 Å². The molecule has 10 heteroatoms. The molecular weight excluding hydrogens is 545 g/mol. The second-order valence-electron chi connectivity index (χ2n) is 9.29. The Balaban J connectivity index is 2.03. The molecule has 0 unspecified atom stereocenters. The summed E-state index contributed by atoms with van der Waals surface area (Å²) in [7, 11) is -4.19. The number of halogens is 2. The van der Waals surface area contributed by atoms with Crippen molar-refractivity contribution in [1.82, 2.24) is 10.2 Å². The number of anilines is 1. The van der Waals surface area contributed by atoms with Gasteiger partial charge in [-0.1, -0.05) is 59.1 Å². The number of sulfonamides is 1. The van der Waals surface area contributed by atoms with Gasteiger partial charge in [0.25, 0.3) is 10.0 Å². The molecular formula is C28H31Cl2N3O4S. The first-order valence-electron chi connectivity index (χ1n) is 12.1. The summed E-state index contributed by atoms with van der Waals surface area (Å²) in [4.78, 5) is 28.1. The molecule has 1 atom stereocenters. The van der Waals surface area contributed by atoms with Crippen LogP contribution in [0, 0.1) is 6.92 Å². The van der Waals surface area contributed by atoms with E-state index in [-0.39, 0.29) is 29.1 Å². The molecule has 0 bridgehead atoms. The lowest BCUT2D eigenvalue weighted by molar-refractivity contribution is -0.139. The minimum Gasteiger partial charge on any atom is -0.352 e. The molecule has 3 aromatic carbocycles. The van der Waals surface area contributed by atoms with Crippen LogP contribution in [0.15, 0.2) is 77.7 Å². The molecule has 3 rings (SSSR count). The van der Waals surface area contributed by atoms with Crippen LogP contribution in [-0.2, 0) is 26.2 Å². The quantitative estimate of drug-likeness (QED) is 0.348. The number of carbonyl (C=O) groups excluding carboxylic acids is 2. The van der Waals surface area contributed by atoms with Gasteiger partial charge in [-0.2, -0.15) is 0 Å². The van der Waals surface area contributed by atoms with Crippen molar-refractivity contribution in [1.29, 1.82) is 0 Å². The third kappa shape index (κ3) is 7.49. The summed E-state index contributed by atoms with van der Waals surface area (Å²) in [6.07, 6.45) is 0. The summed E-state index contributed by atoms with van der Waals surface area (Å²) in [6, 6.07) is 18.5. The van der Waals surface area contributed by atoms with Gasteiger partial charge in [0, 0.05) is 22.6 Å². The lowest BCUT2D eigenvalue weighted by atomic mass is 10.1. The van der Waals surface area contributed by atoms with Crippen LogP contribution in [0.2, 0.25) is 10.0 Å². The number of hydrogen-bond donors (Lipinski definition) is 1. The van der Waals surface area contributed by atoms with E-state index in [1.54, 1.807) is 25.1 Å². The van der Waals surface area contributed by atoms with Crippen molar-refractivity contribution in [3.63, 3.8) is 0 Å². The zero-order valence-electron chi connectivity index (χ0n) is 21.7. The standard InChI is InChI=1S/C28H31Cl2N3O4S/c1-19(2)31-28(35)21(4)32(17-22-10-8-20(3)9-11-22)27(34)18-33(25-7-5-6-24(30)16-25)38(36,37)26-14-12-23(29)13-15-26/h5-16,19,21H,17-18H2,1-4H3,(H,31,35)/t21-/m0/s1. The second kappa shape index (κ2) is 12.7. The smallest absolute Gasteiger partial charge is 0.264 e. The highest BCUT2D eigenvalue weighted by Crippen LogP contribution is 2.27. The maximum absolute atomic E-state index is 13.8. The van der Waals surface area contributed by atoms with E-state index in [1.165, 1.54) is 35.2 Å². The maximum Gasteiger partial charge on any atom is 0.264 e. The van der Waals surface area contributed by atoms with Gasteiger partial charge in [0.1, 0.15) is 12.6 Å². The summed E-state index contributed by atoms with van der Waals surface area (Å²) in [6.45, 7) is 6.82. The van der Waals surface area contributed by atoms with Gasteiger partial charge in [-0.05, 0) is 75.7 Å². The molecule has 7 nitrogen and oxygen atoms in total. The predicted octanol–water partition coefficient (Wildman–Crippen LogP) is 5.44. The lowest BCUT2D eigenvalue weighted by Gasteiger charge is -2.32. The number of nitrogens with one attached hydrogen (secondary N) is 1.